The van der Waals surface area contributed by atoms with Crippen LogP contribution in [-0.4, -0.2) is 17.5 Å². The van der Waals surface area contributed by atoms with Gasteiger partial charge in [-0.2, -0.15) is 0 Å². The van der Waals surface area contributed by atoms with Gasteiger partial charge in [-0.15, -0.1) is 18.2 Å². The number of hydrogen-bond donors (Lipinski definition) is 1. The van der Waals surface area contributed by atoms with E-state index in [0.717, 1.165) is 18.7 Å². The minimum Gasteiger partial charge on any atom is -0.330 e. The molecule has 9 heavy (non-hydrogen) atoms. The van der Waals surface area contributed by atoms with Crippen LogP contribution in [0.5, 0.6) is 0 Å². The van der Waals surface area contributed by atoms with E-state index in [2.05, 4.69) is 5.92 Å². The van der Waals surface area contributed by atoms with Gasteiger partial charge in [-0.25, -0.2) is 0 Å². The van der Waals surface area contributed by atoms with Crippen LogP contribution in [0.4, 0.5) is 0 Å². The molecule has 0 saturated heterocycles. The molecule has 52 valence electrons. The van der Waals surface area contributed by atoms with E-state index in [0.29, 0.717) is 5.25 Å². The van der Waals surface area contributed by atoms with E-state index in [1.54, 1.807) is 11.8 Å². The van der Waals surface area contributed by atoms with E-state index in [9.17, 15) is 0 Å². The molecular weight excluding hydrogens is 130 g/mol. The van der Waals surface area contributed by atoms with E-state index >= 15 is 0 Å². The first-order chi connectivity index (χ1) is 4.31. The second kappa shape index (κ2) is 6.00. The molecule has 0 aromatic carbocycles. The number of nitrogens with two attached hydrogens (primary N) is 1. The van der Waals surface area contributed by atoms with Gasteiger partial charge in [0.25, 0.3) is 0 Å². The van der Waals surface area contributed by atoms with Crippen molar-refractivity contribution in [3.8, 4) is 12.3 Å². The molecule has 1 unspecified atom stereocenters. The number of thioether (sulfide) groups is 1. The number of terminal acetylenes is 1. The molecule has 0 amide bonds. The van der Waals surface area contributed by atoms with Crippen molar-refractivity contribution >= 4 is 11.8 Å². The lowest BCUT2D eigenvalue weighted by Crippen LogP contribution is -2.01. The largest absolute Gasteiger partial charge is 0.330 e. The van der Waals surface area contributed by atoms with Crippen LogP contribution in [0.1, 0.15) is 13.3 Å². The minimum absolute atomic E-state index is 0.344. The zero-order valence-electron chi connectivity index (χ0n) is 5.76. The van der Waals surface area contributed by atoms with Crippen molar-refractivity contribution in [2.75, 3.05) is 12.3 Å². The summed E-state index contributed by atoms with van der Waals surface area (Å²) in [7, 11) is 0. The Kier molecular flexibility index (Phi) is 5.91. The average Bonchev–Trinajstić information content (AvgIpc) is 1.89. The molecule has 0 saturated carbocycles. The summed E-state index contributed by atoms with van der Waals surface area (Å²) < 4.78 is 0. The average molecular weight is 143 g/mol. The molecule has 0 fully saturated rings. The molecule has 0 aromatic rings. The molecule has 0 aliphatic heterocycles. The first-order valence-electron chi connectivity index (χ1n) is 3.09. The second-order valence-corrected chi connectivity index (χ2v) is 3.27. The Hall–Kier alpha value is -0.130. The Morgan fingerprint density at radius 1 is 1.78 bits per heavy atom. The van der Waals surface area contributed by atoms with E-state index in [4.69, 9.17) is 12.2 Å². The predicted octanol–water partition coefficient (Wildman–Crippen LogP) is 1.09. The highest BCUT2D eigenvalue weighted by Crippen LogP contribution is 2.08. The molecule has 0 aromatic heterocycles. The Morgan fingerprint density at radius 2 is 2.44 bits per heavy atom. The standard InChI is InChI=1S/C7H13NS/c1-3-7(2)9-6-4-5-8/h1,7H,4-6,8H2,2H3. The molecule has 0 radical (unpaired) electrons. The van der Waals surface area contributed by atoms with Crippen LogP contribution in [0, 0.1) is 12.3 Å². The van der Waals surface area contributed by atoms with Crippen molar-refractivity contribution in [3.63, 3.8) is 0 Å². The van der Waals surface area contributed by atoms with Crippen molar-refractivity contribution in [2.45, 2.75) is 18.6 Å². The number of hydrogen-bond acceptors (Lipinski definition) is 2. The predicted molar refractivity (Wildman–Crippen MR) is 44.4 cm³/mol. The van der Waals surface area contributed by atoms with E-state index in [1.807, 2.05) is 6.92 Å². The fraction of sp³-hybridized carbons (Fsp3) is 0.714. The molecule has 0 aliphatic rings. The summed E-state index contributed by atoms with van der Waals surface area (Å²) in [4.78, 5) is 0. The first-order valence-corrected chi connectivity index (χ1v) is 4.14. The van der Waals surface area contributed by atoms with Gasteiger partial charge in [-0.05, 0) is 25.6 Å². The van der Waals surface area contributed by atoms with Gasteiger partial charge in [-0.3, -0.25) is 0 Å². The zero-order valence-corrected chi connectivity index (χ0v) is 6.58. The summed E-state index contributed by atoms with van der Waals surface area (Å²) in [5, 5.41) is 0.344. The van der Waals surface area contributed by atoms with E-state index < -0.39 is 0 Å². The molecule has 0 rings (SSSR count). The molecule has 1 nitrogen and oxygen atoms in total. The molecule has 1 atom stereocenters. The van der Waals surface area contributed by atoms with Crippen molar-refractivity contribution < 1.29 is 0 Å². The molecule has 0 spiro atoms. The maximum atomic E-state index is 5.29. The van der Waals surface area contributed by atoms with Gasteiger partial charge in [-0.1, -0.05) is 5.92 Å². The normalized spacial score (nSPS) is 12.6. The SMILES string of the molecule is C#CC(C)SCCCN. The van der Waals surface area contributed by atoms with Crippen molar-refractivity contribution in [3.05, 3.63) is 0 Å². The van der Waals surface area contributed by atoms with Gasteiger partial charge in [0.05, 0.1) is 5.25 Å². The monoisotopic (exact) mass is 143 g/mol. The van der Waals surface area contributed by atoms with Crippen molar-refractivity contribution in [1.29, 1.82) is 0 Å². The van der Waals surface area contributed by atoms with Gasteiger partial charge >= 0.3 is 0 Å². The van der Waals surface area contributed by atoms with Crippen LogP contribution in [0.25, 0.3) is 0 Å². The summed E-state index contributed by atoms with van der Waals surface area (Å²) >= 11 is 1.78. The highest BCUT2D eigenvalue weighted by molar-refractivity contribution is 8.00. The molecule has 2 heteroatoms. The van der Waals surface area contributed by atoms with E-state index in [-0.39, 0.29) is 0 Å². The Labute approximate surface area is 61.4 Å². The summed E-state index contributed by atoms with van der Waals surface area (Å²) in [6.45, 7) is 2.80. The fourth-order valence-corrected chi connectivity index (χ4v) is 1.17. The first kappa shape index (κ1) is 8.87. The lowest BCUT2D eigenvalue weighted by molar-refractivity contribution is 0.941. The lowest BCUT2D eigenvalue weighted by Gasteiger charge is -2.00. The van der Waals surface area contributed by atoms with Crippen LogP contribution < -0.4 is 5.73 Å². The summed E-state index contributed by atoms with van der Waals surface area (Å²) in [5.74, 6) is 3.73. The van der Waals surface area contributed by atoms with Crippen molar-refractivity contribution in [1.82, 2.24) is 0 Å². The third-order valence-corrected chi connectivity index (χ3v) is 2.11. The van der Waals surface area contributed by atoms with E-state index in [1.165, 1.54) is 0 Å². The maximum absolute atomic E-state index is 5.29. The molecule has 2 N–H and O–H groups in total. The Balaban J connectivity index is 2.99. The van der Waals surface area contributed by atoms with Crippen LogP contribution in [0.2, 0.25) is 0 Å². The van der Waals surface area contributed by atoms with Crippen molar-refractivity contribution in [2.24, 2.45) is 5.73 Å². The van der Waals surface area contributed by atoms with Crippen LogP contribution in [0.15, 0.2) is 0 Å². The third kappa shape index (κ3) is 5.75. The highest BCUT2D eigenvalue weighted by Gasteiger charge is 1.93. The third-order valence-electron chi connectivity index (χ3n) is 0.951. The van der Waals surface area contributed by atoms with Gasteiger partial charge in [0.2, 0.25) is 0 Å². The maximum Gasteiger partial charge on any atom is 0.0626 e. The quantitative estimate of drug-likeness (QED) is 0.471. The molecular formula is C7H13NS. The second-order valence-electron chi connectivity index (χ2n) is 1.82. The van der Waals surface area contributed by atoms with Gasteiger partial charge < -0.3 is 5.73 Å². The Morgan fingerprint density at radius 3 is 2.89 bits per heavy atom. The van der Waals surface area contributed by atoms with Gasteiger partial charge in [0.15, 0.2) is 0 Å². The van der Waals surface area contributed by atoms with Gasteiger partial charge in [0, 0.05) is 0 Å². The lowest BCUT2D eigenvalue weighted by atomic mass is 10.5. The topological polar surface area (TPSA) is 26.0 Å². The minimum atomic E-state index is 0.344. The smallest absolute Gasteiger partial charge is 0.0626 e. The van der Waals surface area contributed by atoms with Gasteiger partial charge in [0.1, 0.15) is 0 Å². The summed E-state index contributed by atoms with van der Waals surface area (Å²) in [6.07, 6.45) is 6.22. The van der Waals surface area contributed by atoms with Crippen LogP contribution in [0.3, 0.4) is 0 Å². The van der Waals surface area contributed by atoms with Crippen LogP contribution in [-0.2, 0) is 0 Å². The molecule has 0 heterocycles. The molecule has 0 aliphatic carbocycles. The fourth-order valence-electron chi connectivity index (χ4n) is 0.392. The summed E-state index contributed by atoms with van der Waals surface area (Å²) in [6, 6.07) is 0. The number of rotatable bonds is 4. The summed E-state index contributed by atoms with van der Waals surface area (Å²) in [5.41, 5.74) is 5.29. The highest BCUT2D eigenvalue weighted by atomic mass is 32.2. The van der Waals surface area contributed by atoms with Crippen LogP contribution >= 0.6 is 11.8 Å². The zero-order chi connectivity index (χ0) is 7.11. The molecule has 0 bridgehead atoms. The Bertz CT molecular complexity index is 95.6.